The molecule has 0 radical (unpaired) electrons. The highest BCUT2D eigenvalue weighted by molar-refractivity contribution is 6.35. The van der Waals surface area contributed by atoms with E-state index in [1.165, 1.54) is 0 Å². The van der Waals surface area contributed by atoms with Gasteiger partial charge in [-0.25, -0.2) is 0 Å². The van der Waals surface area contributed by atoms with Gasteiger partial charge >= 0.3 is 11.8 Å². The zero-order valence-electron chi connectivity index (χ0n) is 16.9. The highest BCUT2D eigenvalue weighted by atomic mass is 35.5. The van der Waals surface area contributed by atoms with Gasteiger partial charge < -0.3 is 24.8 Å². The second-order valence-electron chi connectivity index (χ2n) is 7.26. The van der Waals surface area contributed by atoms with Crippen molar-refractivity contribution < 1.29 is 23.8 Å². The van der Waals surface area contributed by atoms with Crippen molar-refractivity contribution in [3.05, 3.63) is 58.6 Å². The molecule has 2 aliphatic rings. The molecule has 0 unspecified atom stereocenters. The molecule has 2 N–H and O–H groups in total. The molecular formula is C22H24ClN3O5. The number of rotatable bonds is 6. The minimum Gasteiger partial charge on any atom is -0.454 e. The summed E-state index contributed by atoms with van der Waals surface area (Å²) in [6.45, 7) is 3.35. The van der Waals surface area contributed by atoms with Crippen molar-refractivity contribution in [1.82, 2.24) is 15.5 Å². The van der Waals surface area contributed by atoms with Crippen LogP contribution in [0.15, 0.2) is 42.5 Å². The molecule has 2 aromatic rings. The molecule has 0 aromatic heterocycles. The van der Waals surface area contributed by atoms with Crippen LogP contribution in [0.3, 0.4) is 0 Å². The smallest absolute Gasteiger partial charge is 0.309 e. The van der Waals surface area contributed by atoms with Crippen molar-refractivity contribution in [3.8, 4) is 11.5 Å². The van der Waals surface area contributed by atoms with Gasteiger partial charge in [0.15, 0.2) is 11.5 Å². The Labute approximate surface area is 185 Å². The van der Waals surface area contributed by atoms with E-state index in [2.05, 4.69) is 15.5 Å². The lowest BCUT2D eigenvalue weighted by molar-refractivity contribution is -0.139. The third kappa shape index (κ3) is 5.28. The zero-order valence-corrected chi connectivity index (χ0v) is 17.7. The first-order valence-electron chi connectivity index (χ1n) is 10.1. The summed E-state index contributed by atoms with van der Waals surface area (Å²) in [7, 11) is 0. The Bertz CT molecular complexity index is 948. The Morgan fingerprint density at radius 3 is 2.55 bits per heavy atom. The van der Waals surface area contributed by atoms with Crippen LogP contribution < -0.4 is 20.1 Å². The number of halogens is 1. The summed E-state index contributed by atoms with van der Waals surface area (Å²) >= 11 is 6.10. The van der Waals surface area contributed by atoms with Gasteiger partial charge in [0.2, 0.25) is 6.79 Å². The lowest BCUT2D eigenvalue weighted by Gasteiger charge is -2.34. The Balaban J connectivity index is 1.39. The van der Waals surface area contributed by atoms with Crippen LogP contribution in [-0.4, -0.2) is 56.4 Å². The second-order valence-corrected chi connectivity index (χ2v) is 7.67. The summed E-state index contributed by atoms with van der Waals surface area (Å²) in [4.78, 5) is 26.9. The number of ether oxygens (including phenoxy) is 3. The van der Waals surface area contributed by atoms with Gasteiger partial charge in [0.1, 0.15) is 0 Å². The van der Waals surface area contributed by atoms with Crippen molar-refractivity contribution in [2.45, 2.75) is 12.6 Å². The third-order valence-electron chi connectivity index (χ3n) is 5.33. The fraction of sp³-hybridized carbons (Fsp3) is 0.364. The second kappa shape index (κ2) is 10.00. The zero-order chi connectivity index (χ0) is 21.6. The van der Waals surface area contributed by atoms with Crippen LogP contribution in [0.4, 0.5) is 0 Å². The van der Waals surface area contributed by atoms with Crippen molar-refractivity contribution in [2.24, 2.45) is 0 Å². The summed E-state index contributed by atoms with van der Waals surface area (Å²) in [6.07, 6.45) is 0. The summed E-state index contributed by atoms with van der Waals surface area (Å²) in [5.41, 5.74) is 1.72. The molecule has 8 nitrogen and oxygen atoms in total. The van der Waals surface area contributed by atoms with Crippen LogP contribution in [0.1, 0.15) is 17.2 Å². The highest BCUT2D eigenvalue weighted by Gasteiger charge is 2.26. The topological polar surface area (TPSA) is 89.1 Å². The number of nitrogens with one attached hydrogen (secondary N) is 2. The molecule has 2 heterocycles. The number of carbonyl (C=O) groups excluding carboxylic acids is 2. The molecular weight excluding hydrogens is 422 g/mol. The molecule has 2 amide bonds. The fourth-order valence-electron chi connectivity index (χ4n) is 3.63. The SMILES string of the molecule is O=C(NCc1ccccc1Cl)C(=O)NC[C@H](c1ccc2c(c1)OCO2)N1CCOCC1. The van der Waals surface area contributed by atoms with E-state index in [1.807, 2.05) is 30.3 Å². The summed E-state index contributed by atoms with van der Waals surface area (Å²) in [6, 6.07) is 12.8. The first-order valence-corrected chi connectivity index (χ1v) is 10.5. The van der Waals surface area contributed by atoms with Gasteiger partial charge in [0.25, 0.3) is 0 Å². The predicted molar refractivity (Wildman–Crippen MR) is 114 cm³/mol. The molecule has 0 aliphatic carbocycles. The molecule has 1 atom stereocenters. The van der Waals surface area contributed by atoms with Gasteiger partial charge in [-0.3, -0.25) is 14.5 Å². The maximum atomic E-state index is 12.4. The molecule has 31 heavy (non-hydrogen) atoms. The van der Waals surface area contributed by atoms with Gasteiger partial charge in [0, 0.05) is 31.2 Å². The third-order valence-corrected chi connectivity index (χ3v) is 5.70. The van der Waals surface area contributed by atoms with E-state index in [-0.39, 0.29) is 25.9 Å². The molecule has 4 rings (SSSR count). The van der Waals surface area contributed by atoms with Crippen LogP contribution in [0.2, 0.25) is 5.02 Å². The number of hydrogen-bond acceptors (Lipinski definition) is 6. The maximum Gasteiger partial charge on any atom is 0.309 e. The number of nitrogens with zero attached hydrogens (tertiary/aromatic N) is 1. The van der Waals surface area contributed by atoms with Crippen molar-refractivity contribution in [1.29, 1.82) is 0 Å². The predicted octanol–water partition coefficient (Wildman–Crippen LogP) is 1.87. The largest absolute Gasteiger partial charge is 0.454 e. The first-order chi connectivity index (χ1) is 15.1. The molecule has 1 fully saturated rings. The van der Waals surface area contributed by atoms with Gasteiger partial charge in [-0.2, -0.15) is 0 Å². The molecule has 0 saturated carbocycles. The van der Waals surface area contributed by atoms with Gasteiger partial charge in [-0.1, -0.05) is 35.9 Å². The van der Waals surface area contributed by atoms with Gasteiger partial charge in [0.05, 0.1) is 19.3 Å². The molecule has 0 bridgehead atoms. The van der Waals surface area contributed by atoms with Crippen LogP contribution in [0.25, 0.3) is 0 Å². The van der Waals surface area contributed by atoms with Crippen molar-refractivity contribution >= 4 is 23.4 Å². The number of hydrogen-bond donors (Lipinski definition) is 2. The Hall–Kier alpha value is -2.81. The van der Waals surface area contributed by atoms with Crippen molar-refractivity contribution in [2.75, 3.05) is 39.6 Å². The lowest BCUT2D eigenvalue weighted by Crippen LogP contribution is -2.46. The monoisotopic (exact) mass is 445 g/mol. The quantitative estimate of drug-likeness (QED) is 0.660. The van der Waals surface area contributed by atoms with E-state index >= 15 is 0 Å². The molecule has 0 spiro atoms. The highest BCUT2D eigenvalue weighted by Crippen LogP contribution is 2.35. The van der Waals surface area contributed by atoms with Gasteiger partial charge in [-0.05, 0) is 29.3 Å². The maximum absolute atomic E-state index is 12.4. The molecule has 9 heteroatoms. The minimum absolute atomic E-state index is 0.126. The average Bonchev–Trinajstić information content (AvgIpc) is 3.27. The Morgan fingerprint density at radius 1 is 1.00 bits per heavy atom. The average molecular weight is 446 g/mol. The van der Waals surface area contributed by atoms with Crippen LogP contribution in [0, 0.1) is 0 Å². The number of fused-ring (bicyclic) bond motifs is 1. The number of morpholine rings is 1. The fourth-order valence-corrected chi connectivity index (χ4v) is 3.84. The lowest BCUT2D eigenvalue weighted by atomic mass is 10.0. The Morgan fingerprint density at radius 2 is 1.74 bits per heavy atom. The van der Waals surface area contributed by atoms with E-state index in [9.17, 15) is 9.59 Å². The molecule has 1 saturated heterocycles. The van der Waals surface area contributed by atoms with Crippen LogP contribution >= 0.6 is 11.6 Å². The van der Waals surface area contributed by atoms with Crippen LogP contribution in [-0.2, 0) is 20.9 Å². The molecule has 2 aromatic carbocycles. The van der Waals surface area contributed by atoms with Gasteiger partial charge in [-0.15, -0.1) is 0 Å². The molecule has 2 aliphatic heterocycles. The van der Waals surface area contributed by atoms with E-state index in [0.29, 0.717) is 29.7 Å². The molecule has 164 valence electrons. The van der Waals surface area contributed by atoms with E-state index < -0.39 is 11.8 Å². The Kier molecular flexibility index (Phi) is 6.91. The number of amides is 2. The summed E-state index contributed by atoms with van der Waals surface area (Å²) in [5.74, 6) is -0.00979. The van der Waals surface area contributed by atoms with E-state index in [4.69, 9.17) is 25.8 Å². The minimum atomic E-state index is -0.702. The standard InChI is InChI=1S/C22H24ClN3O5/c23-17-4-2-1-3-16(17)12-24-21(27)22(28)25-13-18(26-7-9-29-10-8-26)15-5-6-19-20(11-15)31-14-30-19/h1-6,11,18H,7-10,12-14H2,(H,24,27)(H,25,28)/t18-/m1/s1. The number of carbonyl (C=O) groups is 2. The first kappa shape index (κ1) is 21.4. The normalized spacial score (nSPS) is 16.5. The van der Waals surface area contributed by atoms with E-state index in [1.54, 1.807) is 12.1 Å². The van der Waals surface area contributed by atoms with E-state index in [0.717, 1.165) is 24.2 Å². The van der Waals surface area contributed by atoms with Crippen molar-refractivity contribution in [3.63, 3.8) is 0 Å². The van der Waals surface area contributed by atoms with Crippen LogP contribution in [0.5, 0.6) is 11.5 Å². The number of benzene rings is 2. The summed E-state index contributed by atoms with van der Waals surface area (Å²) < 4.78 is 16.3. The summed E-state index contributed by atoms with van der Waals surface area (Å²) in [5, 5.41) is 5.91.